The van der Waals surface area contributed by atoms with Gasteiger partial charge in [-0.1, -0.05) is 6.07 Å². The number of nitrogens with two attached hydrogens (primary N) is 1. The molecule has 4 heteroatoms. The molecule has 0 aliphatic heterocycles. The molecule has 1 aromatic rings. The Hall–Kier alpha value is -1.00. The standard InChI is InChI=1S/C12H15F2NO/c1-16-7-8-3-4-9(13)10(11(8)14)12(15)5-2-6-12/h3-4H,2,5-7,15H2,1H3. The van der Waals surface area contributed by atoms with Crippen LogP contribution >= 0.6 is 0 Å². The molecule has 0 saturated heterocycles. The molecular formula is C12H15F2NO. The van der Waals surface area contributed by atoms with Crippen molar-refractivity contribution in [2.24, 2.45) is 5.73 Å². The van der Waals surface area contributed by atoms with E-state index in [4.69, 9.17) is 10.5 Å². The van der Waals surface area contributed by atoms with E-state index in [1.165, 1.54) is 19.2 Å². The SMILES string of the molecule is COCc1ccc(F)c(C2(N)CCC2)c1F. The van der Waals surface area contributed by atoms with Gasteiger partial charge < -0.3 is 10.5 Å². The van der Waals surface area contributed by atoms with Crippen molar-refractivity contribution < 1.29 is 13.5 Å². The minimum atomic E-state index is -0.822. The summed E-state index contributed by atoms with van der Waals surface area (Å²) < 4.78 is 32.5. The topological polar surface area (TPSA) is 35.2 Å². The smallest absolute Gasteiger partial charge is 0.136 e. The summed E-state index contributed by atoms with van der Waals surface area (Å²) in [6, 6.07) is 2.67. The molecule has 1 aliphatic carbocycles. The first-order valence-corrected chi connectivity index (χ1v) is 5.33. The van der Waals surface area contributed by atoms with Gasteiger partial charge in [-0.05, 0) is 25.3 Å². The van der Waals surface area contributed by atoms with E-state index in [9.17, 15) is 8.78 Å². The van der Waals surface area contributed by atoms with Crippen LogP contribution in [0.5, 0.6) is 0 Å². The van der Waals surface area contributed by atoms with Gasteiger partial charge in [-0.15, -0.1) is 0 Å². The van der Waals surface area contributed by atoms with E-state index in [0.717, 1.165) is 6.42 Å². The summed E-state index contributed by atoms with van der Waals surface area (Å²) in [7, 11) is 1.48. The average molecular weight is 227 g/mol. The lowest BCUT2D eigenvalue weighted by Crippen LogP contribution is -2.45. The Morgan fingerprint density at radius 2 is 2.06 bits per heavy atom. The molecule has 0 amide bonds. The molecule has 0 radical (unpaired) electrons. The van der Waals surface area contributed by atoms with Crippen LogP contribution in [0.1, 0.15) is 30.4 Å². The van der Waals surface area contributed by atoms with E-state index in [0.29, 0.717) is 18.4 Å². The summed E-state index contributed by atoms with van der Waals surface area (Å²) >= 11 is 0. The molecule has 0 atom stereocenters. The Bertz CT molecular complexity index is 402. The molecule has 0 bridgehead atoms. The maximum atomic E-state index is 14.0. The molecular weight excluding hydrogens is 212 g/mol. The number of hydrogen-bond acceptors (Lipinski definition) is 2. The summed E-state index contributed by atoms with van der Waals surface area (Å²) in [6.07, 6.45) is 2.19. The number of methoxy groups -OCH3 is 1. The van der Waals surface area contributed by atoms with Crippen LogP contribution in [0.15, 0.2) is 12.1 Å². The van der Waals surface area contributed by atoms with Crippen LogP contribution in [0.2, 0.25) is 0 Å². The zero-order valence-electron chi connectivity index (χ0n) is 9.22. The minimum absolute atomic E-state index is 0.0216. The minimum Gasteiger partial charge on any atom is -0.380 e. The molecule has 2 nitrogen and oxygen atoms in total. The van der Waals surface area contributed by atoms with Crippen LogP contribution in [-0.2, 0) is 16.9 Å². The van der Waals surface area contributed by atoms with E-state index in [1.807, 2.05) is 0 Å². The third kappa shape index (κ3) is 1.72. The monoisotopic (exact) mass is 227 g/mol. The predicted octanol–water partition coefficient (Wildman–Crippen LogP) is 2.45. The van der Waals surface area contributed by atoms with Gasteiger partial charge in [0.2, 0.25) is 0 Å². The lowest BCUT2D eigenvalue weighted by Gasteiger charge is -2.39. The van der Waals surface area contributed by atoms with Crippen LogP contribution in [0, 0.1) is 11.6 Å². The first-order chi connectivity index (χ1) is 7.58. The van der Waals surface area contributed by atoms with E-state index in [-0.39, 0.29) is 12.2 Å². The quantitative estimate of drug-likeness (QED) is 0.860. The molecule has 16 heavy (non-hydrogen) atoms. The fraction of sp³-hybridized carbons (Fsp3) is 0.500. The first kappa shape index (κ1) is 11.5. The van der Waals surface area contributed by atoms with Crippen molar-refractivity contribution in [3.8, 4) is 0 Å². The first-order valence-electron chi connectivity index (χ1n) is 5.33. The molecule has 0 spiro atoms. The van der Waals surface area contributed by atoms with Crippen LogP contribution < -0.4 is 5.73 Å². The van der Waals surface area contributed by atoms with Gasteiger partial charge in [0.05, 0.1) is 6.61 Å². The zero-order valence-corrected chi connectivity index (χ0v) is 9.22. The molecule has 88 valence electrons. The van der Waals surface area contributed by atoms with Gasteiger partial charge in [-0.2, -0.15) is 0 Å². The maximum absolute atomic E-state index is 14.0. The van der Waals surface area contributed by atoms with Crippen LogP contribution in [-0.4, -0.2) is 7.11 Å². The molecule has 0 unspecified atom stereocenters. The van der Waals surface area contributed by atoms with Crippen LogP contribution in [0.4, 0.5) is 8.78 Å². The van der Waals surface area contributed by atoms with Crippen molar-refractivity contribution in [2.45, 2.75) is 31.4 Å². The highest BCUT2D eigenvalue weighted by Gasteiger charge is 2.39. The Morgan fingerprint density at radius 3 is 2.56 bits per heavy atom. The fourth-order valence-electron chi connectivity index (χ4n) is 2.13. The molecule has 2 N–H and O–H groups in total. The Kier molecular flexibility index (Phi) is 2.95. The number of ether oxygens (including phenoxy) is 1. The normalized spacial score (nSPS) is 18.2. The second-order valence-corrected chi connectivity index (χ2v) is 4.34. The highest BCUT2D eigenvalue weighted by atomic mass is 19.1. The third-order valence-corrected chi connectivity index (χ3v) is 3.21. The fourth-order valence-corrected chi connectivity index (χ4v) is 2.13. The largest absolute Gasteiger partial charge is 0.380 e. The summed E-state index contributed by atoms with van der Waals surface area (Å²) in [5.74, 6) is -1.11. The van der Waals surface area contributed by atoms with Crippen molar-refractivity contribution in [2.75, 3.05) is 7.11 Å². The summed E-state index contributed by atoms with van der Waals surface area (Å²) in [5, 5.41) is 0. The van der Waals surface area contributed by atoms with Crippen molar-refractivity contribution in [1.82, 2.24) is 0 Å². The highest BCUT2D eigenvalue weighted by molar-refractivity contribution is 5.34. The Morgan fingerprint density at radius 1 is 1.38 bits per heavy atom. The number of rotatable bonds is 3. The van der Waals surface area contributed by atoms with Gasteiger partial charge >= 0.3 is 0 Å². The van der Waals surface area contributed by atoms with E-state index in [1.54, 1.807) is 0 Å². The van der Waals surface area contributed by atoms with Crippen molar-refractivity contribution in [3.63, 3.8) is 0 Å². The lowest BCUT2D eigenvalue weighted by molar-refractivity contribution is 0.178. The lowest BCUT2D eigenvalue weighted by atomic mass is 9.72. The van der Waals surface area contributed by atoms with Crippen molar-refractivity contribution >= 4 is 0 Å². The van der Waals surface area contributed by atoms with Crippen LogP contribution in [0.3, 0.4) is 0 Å². The van der Waals surface area contributed by atoms with E-state index < -0.39 is 17.2 Å². The maximum Gasteiger partial charge on any atom is 0.136 e. The van der Waals surface area contributed by atoms with Gasteiger partial charge in [0.1, 0.15) is 11.6 Å². The second-order valence-electron chi connectivity index (χ2n) is 4.34. The Labute approximate surface area is 93.4 Å². The molecule has 1 aromatic carbocycles. The van der Waals surface area contributed by atoms with Crippen molar-refractivity contribution in [1.29, 1.82) is 0 Å². The average Bonchev–Trinajstić information content (AvgIpc) is 2.20. The highest BCUT2D eigenvalue weighted by Crippen LogP contribution is 2.41. The van der Waals surface area contributed by atoms with E-state index >= 15 is 0 Å². The van der Waals surface area contributed by atoms with Gasteiger partial charge in [0.15, 0.2) is 0 Å². The molecule has 1 fully saturated rings. The van der Waals surface area contributed by atoms with Gasteiger partial charge in [-0.3, -0.25) is 0 Å². The van der Waals surface area contributed by atoms with Gasteiger partial charge in [0, 0.05) is 23.8 Å². The molecule has 0 aromatic heterocycles. The molecule has 1 aliphatic rings. The zero-order chi connectivity index (χ0) is 11.8. The molecule has 0 heterocycles. The third-order valence-electron chi connectivity index (χ3n) is 3.21. The van der Waals surface area contributed by atoms with Gasteiger partial charge in [0.25, 0.3) is 0 Å². The van der Waals surface area contributed by atoms with E-state index in [2.05, 4.69) is 0 Å². The Balaban J connectivity index is 2.46. The second kappa shape index (κ2) is 4.11. The van der Waals surface area contributed by atoms with Crippen LogP contribution in [0.25, 0.3) is 0 Å². The summed E-state index contributed by atoms with van der Waals surface area (Å²) in [6.45, 7) is 0.134. The van der Waals surface area contributed by atoms with Crippen molar-refractivity contribution in [3.05, 3.63) is 34.9 Å². The number of halogens is 2. The van der Waals surface area contributed by atoms with Gasteiger partial charge in [-0.25, -0.2) is 8.78 Å². The molecule has 1 saturated carbocycles. The summed E-state index contributed by atoms with van der Waals surface area (Å²) in [4.78, 5) is 0. The molecule has 2 rings (SSSR count). The predicted molar refractivity (Wildman–Crippen MR) is 56.8 cm³/mol. The number of hydrogen-bond donors (Lipinski definition) is 1. The summed E-state index contributed by atoms with van der Waals surface area (Å²) in [5.41, 5.74) is 5.53. The number of benzene rings is 1.